The highest BCUT2D eigenvalue weighted by molar-refractivity contribution is 5.92. The van der Waals surface area contributed by atoms with E-state index in [2.05, 4.69) is 0 Å². The van der Waals surface area contributed by atoms with Crippen LogP contribution in [-0.4, -0.2) is 17.1 Å². The molecule has 0 unspecified atom stereocenters. The zero-order valence-electron chi connectivity index (χ0n) is 12.6. The first-order valence-corrected chi connectivity index (χ1v) is 7.42. The second kappa shape index (κ2) is 6.25. The number of pyridine rings is 1. The van der Waals surface area contributed by atoms with Crippen LogP contribution in [0.4, 0.5) is 0 Å². The molecule has 1 saturated carbocycles. The van der Waals surface area contributed by atoms with Crippen molar-refractivity contribution >= 4 is 5.97 Å². The van der Waals surface area contributed by atoms with Crippen molar-refractivity contribution in [3.05, 3.63) is 33.2 Å². The van der Waals surface area contributed by atoms with E-state index >= 15 is 0 Å². The van der Waals surface area contributed by atoms with Gasteiger partial charge < -0.3 is 9.30 Å². The predicted octanol–water partition coefficient (Wildman–Crippen LogP) is 2.83. The molecule has 4 nitrogen and oxygen atoms in total. The minimum Gasteiger partial charge on any atom is -0.462 e. The molecule has 0 aromatic carbocycles. The molecule has 20 heavy (non-hydrogen) atoms. The average Bonchev–Trinajstić information content (AvgIpc) is 2.87. The Kier molecular flexibility index (Phi) is 4.63. The maximum absolute atomic E-state index is 12.2. The van der Waals surface area contributed by atoms with Crippen LogP contribution in [0.2, 0.25) is 0 Å². The van der Waals surface area contributed by atoms with Gasteiger partial charge in [-0.05, 0) is 45.1 Å². The number of carbonyl (C=O) groups is 1. The van der Waals surface area contributed by atoms with E-state index in [1.54, 1.807) is 24.5 Å². The van der Waals surface area contributed by atoms with Crippen molar-refractivity contribution in [3.8, 4) is 0 Å². The first-order chi connectivity index (χ1) is 9.54. The summed E-state index contributed by atoms with van der Waals surface area (Å²) in [6.45, 7) is 6.49. The van der Waals surface area contributed by atoms with E-state index in [1.807, 2.05) is 6.92 Å². The summed E-state index contributed by atoms with van der Waals surface area (Å²) in [6.07, 6.45) is 4.84. The molecule has 2 rings (SSSR count). The molecule has 1 aliphatic carbocycles. The normalized spacial score (nSPS) is 15.6. The van der Waals surface area contributed by atoms with E-state index in [-0.39, 0.29) is 11.5 Å². The Morgan fingerprint density at radius 2 is 2.00 bits per heavy atom. The zero-order valence-corrected chi connectivity index (χ0v) is 12.6. The van der Waals surface area contributed by atoms with Gasteiger partial charge in [0.2, 0.25) is 0 Å². The lowest BCUT2D eigenvalue weighted by Gasteiger charge is -2.18. The smallest absolute Gasteiger partial charge is 0.340 e. The average molecular weight is 277 g/mol. The summed E-state index contributed by atoms with van der Waals surface area (Å²) in [4.78, 5) is 24.2. The number of ether oxygens (including phenoxy) is 1. The van der Waals surface area contributed by atoms with Gasteiger partial charge in [0.15, 0.2) is 0 Å². The molecule has 0 bridgehead atoms. The number of carbonyl (C=O) groups excluding carboxylic acids is 1. The molecule has 0 N–H and O–H groups in total. The van der Waals surface area contributed by atoms with Gasteiger partial charge in [-0.3, -0.25) is 4.79 Å². The van der Waals surface area contributed by atoms with Gasteiger partial charge in [-0.1, -0.05) is 12.8 Å². The van der Waals surface area contributed by atoms with Crippen molar-refractivity contribution in [2.75, 3.05) is 6.61 Å². The summed E-state index contributed by atoms with van der Waals surface area (Å²) in [5.41, 5.74) is 1.97. The molecule has 0 amide bonds. The van der Waals surface area contributed by atoms with Gasteiger partial charge in [-0.25, -0.2) is 4.79 Å². The van der Waals surface area contributed by atoms with Crippen LogP contribution in [0.1, 0.15) is 54.2 Å². The standard InChI is InChI=1S/C16H23NO3/c1-4-20-16(19)15-11(2)9-14(18)17(12(15)3)10-13-7-5-6-8-13/h9,13H,4-8,10H2,1-3H3. The molecule has 1 aliphatic rings. The summed E-state index contributed by atoms with van der Waals surface area (Å²) in [5.74, 6) is 0.229. The molecular weight excluding hydrogens is 254 g/mol. The monoisotopic (exact) mass is 277 g/mol. The third-order valence-corrected chi connectivity index (χ3v) is 4.16. The Morgan fingerprint density at radius 1 is 1.35 bits per heavy atom. The van der Waals surface area contributed by atoms with Crippen LogP contribution in [0.15, 0.2) is 10.9 Å². The molecular formula is C16H23NO3. The summed E-state index contributed by atoms with van der Waals surface area (Å²) >= 11 is 0. The van der Waals surface area contributed by atoms with Crippen molar-refractivity contribution in [3.63, 3.8) is 0 Å². The molecule has 1 aromatic rings. The maximum Gasteiger partial charge on any atom is 0.340 e. The number of nitrogens with zero attached hydrogens (tertiary/aromatic N) is 1. The number of aromatic nitrogens is 1. The number of hydrogen-bond acceptors (Lipinski definition) is 3. The lowest BCUT2D eigenvalue weighted by molar-refractivity contribution is 0.0523. The third kappa shape index (κ3) is 2.94. The Labute approximate surface area is 119 Å². The van der Waals surface area contributed by atoms with Crippen LogP contribution < -0.4 is 5.56 Å². The lowest BCUT2D eigenvalue weighted by Crippen LogP contribution is -2.28. The highest BCUT2D eigenvalue weighted by Crippen LogP contribution is 2.26. The number of aryl methyl sites for hydroxylation is 1. The van der Waals surface area contributed by atoms with Crippen LogP contribution in [0.5, 0.6) is 0 Å². The molecule has 4 heteroatoms. The minimum atomic E-state index is -0.331. The lowest BCUT2D eigenvalue weighted by atomic mass is 10.1. The third-order valence-electron chi connectivity index (χ3n) is 4.16. The van der Waals surface area contributed by atoms with Crippen molar-refractivity contribution < 1.29 is 9.53 Å². The van der Waals surface area contributed by atoms with Gasteiger partial charge in [0.1, 0.15) is 0 Å². The molecule has 1 aromatic heterocycles. The van der Waals surface area contributed by atoms with Crippen molar-refractivity contribution in [2.24, 2.45) is 5.92 Å². The predicted molar refractivity (Wildman–Crippen MR) is 78.1 cm³/mol. The SMILES string of the molecule is CCOC(=O)c1c(C)cc(=O)n(CC2CCCC2)c1C. The van der Waals surface area contributed by atoms with Crippen LogP contribution in [-0.2, 0) is 11.3 Å². The largest absolute Gasteiger partial charge is 0.462 e. The highest BCUT2D eigenvalue weighted by Gasteiger charge is 2.21. The fourth-order valence-electron chi connectivity index (χ4n) is 3.11. The second-order valence-corrected chi connectivity index (χ2v) is 5.61. The molecule has 0 aliphatic heterocycles. The first kappa shape index (κ1) is 14.8. The van der Waals surface area contributed by atoms with Crippen LogP contribution in [0, 0.1) is 19.8 Å². The Balaban J connectivity index is 2.38. The minimum absolute atomic E-state index is 0.0139. The van der Waals surface area contributed by atoms with Crippen molar-refractivity contribution in [1.29, 1.82) is 0 Å². The second-order valence-electron chi connectivity index (χ2n) is 5.61. The summed E-state index contributed by atoms with van der Waals surface area (Å²) in [5, 5.41) is 0. The molecule has 0 radical (unpaired) electrons. The molecule has 1 fully saturated rings. The van der Waals surface area contributed by atoms with E-state index in [0.29, 0.717) is 23.7 Å². The number of esters is 1. The molecule has 110 valence electrons. The summed E-state index contributed by atoms with van der Waals surface area (Å²) in [6, 6.07) is 1.55. The zero-order chi connectivity index (χ0) is 14.7. The molecule has 0 spiro atoms. The van der Waals surface area contributed by atoms with Gasteiger partial charge in [0.25, 0.3) is 5.56 Å². The Bertz CT molecular complexity index is 554. The van der Waals surface area contributed by atoms with Crippen LogP contribution in [0.25, 0.3) is 0 Å². The number of hydrogen-bond donors (Lipinski definition) is 0. The molecule has 0 saturated heterocycles. The van der Waals surface area contributed by atoms with Crippen LogP contribution >= 0.6 is 0 Å². The molecule has 1 heterocycles. The van der Waals surface area contributed by atoms with E-state index < -0.39 is 0 Å². The summed E-state index contributed by atoms with van der Waals surface area (Å²) < 4.78 is 6.85. The highest BCUT2D eigenvalue weighted by atomic mass is 16.5. The first-order valence-electron chi connectivity index (χ1n) is 7.42. The Hall–Kier alpha value is -1.58. The van der Waals surface area contributed by atoms with Gasteiger partial charge in [-0.15, -0.1) is 0 Å². The van der Waals surface area contributed by atoms with Gasteiger partial charge in [0.05, 0.1) is 12.2 Å². The van der Waals surface area contributed by atoms with Crippen molar-refractivity contribution in [1.82, 2.24) is 4.57 Å². The van der Waals surface area contributed by atoms with E-state index in [0.717, 1.165) is 12.2 Å². The maximum atomic E-state index is 12.2. The van der Waals surface area contributed by atoms with E-state index in [9.17, 15) is 9.59 Å². The van der Waals surface area contributed by atoms with Crippen LogP contribution in [0.3, 0.4) is 0 Å². The Morgan fingerprint density at radius 3 is 2.60 bits per heavy atom. The molecule has 0 atom stereocenters. The van der Waals surface area contributed by atoms with Gasteiger partial charge >= 0.3 is 5.97 Å². The van der Waals surface area contributed by atoms with Gasteiger partial charge in [-0.2, -0.15) is 0 Å². The number of rotatable bonds is 4. The van der Waals surface area contributed by atoms with E-state index in [4.69, 9.17) is 4.74 Å². The topological polar surface area (TPSA) is 48.3 Å². The van der Waals surface area contributed by atoms with E-state index in [1.165, 1.54) is 25.7 Å². The fraction of sp³-hybridized carbons (Fsp3) is 0.625. The van der Waals surface area contributed by atoms with Crippen molar-refractivity contribution in [2.45, 2.75) is 53.0 Å². The fourth-order valence-corrected chi connectivity index (χ4v) is 3.11. The van der Waals surface area contributed by atoms with Gasteiger partial charge in [0, 0.05) is 18.3 Å². The summed E-state index contributed by atoms with van der Waals surface area (Å²) in [7, 11) is 0. The quantitative estimate of drug-likeness (QED) is 0.795.